The molecule has 0 aliphatic rings. The molecular weight excluding hydrogens is 286 g/mol. The third-order valence-electron chi connectivity index (χ3n) is 3.29. The Morgan fingerprint density at radius 3 is 2.52 bits per heavy atom. The maximum Gasteiger partial charge on any atom is 0.241 e. The molecule has 0 saturated heterocycles. The number of hydrogen-bond acceptors (Lipinski definition) is 3. The molecule has 4 nitrogen and oxygen atoms in total. The molecule has 0 unspecified atom stereocenters. The lowest BCUT2D eigenvalue weighted by atomic mass is 10.1. The van der Waals surface area contributed by atoms with E-state index >= 15 is 0 Å². The molecule has 5 heteroatoms. The average molecular weight is 312 g/mol. The Morgan fingerprint density at radius 1 is 1.33 bits per heavy atom. The van der Waals surface area contributed by atoms with Crippen LogP contribution in [0.2, 0.25) is 5.02 Å². The van der Waals surface area contributed by atoms with E-state index in [9.17, 15) is 4.79 Å². The van der Waals surface area contributed by atoms with Crippen LogP contribution in [-0.4, -0.2) is 44.0 Å². The summed E-state index contributed by atoms with van der Waals surface area (Å²) in [6.07, 6.45) is 0. The summed E-state index contributed by atoms with van der Waals surface area (Å²) in [6.45, 7) is 8.06. The fraction of sp³-hybridized carbons (Fsp3) is 0.562. The van der Waals surface area contributed by atoms with Crippen molar-refractivity contribution in [1.82, 2.24) is 10.2 Å². The van der Waals surface area contributed by atoms with Crippen LogP contribution in [0.5, 0.6) is 0 Å². The van der Waals surface area contributed by atoms with E-state index in [2.05, 4.69) is 25.2 Å². The van der Waals surface area contributed by atoms with Crippen molar-refractivity contribution in [2.24, 2.45) is 0 Å². The molecule has 0 spiro atoms. The van der Waals surface area contributed by atoms with Crippen molar-refractivity contribution >= 4 is 23.2 Å². The first-order valence-electron chi connectivity index (χ1n) is 7.32. The lowest BCUT2D eigenvalue weighted by Gasteiger charge is -2.28. The number of benzene rings is 1. The quantitative estimate of drug-likeness (QED) is 0.841. The van der Waals surface area contributed by atoms with E-state index in [4.69, 9.17) is 11.6 Å². The molecule has 0 aromatic heterocycles. The van der Waals surface area contributed by atoms with Crippen LogP contribution in [0.1, 0.15) is 26.3 Å². The van der Waals surface area contributed by atoms with Crippen LogP contribution in [0.3, 0.4) is 0 Å². The summed E-state index contributed by atoms with van der Waals surface area (Å²) >= 11 is 6.39. The molecular formula is C16H26ClN3O. The monoisotopic (exact) mass is 311 g/mol. The van der Waals surface area contributed by atoms with Crippen molar-refractivity contribution in [2.45, 2.75) is 33.4 Å². The van der Waals surface area contributed by atoms with Gasteiger partial charge in [-0.2, -0.15) is 0 Å². The Labute approximate surface area is 133 Å². The van der Waals surface area contributed by atoms with E-state index in [0.717, 1.165) is 24.3 Å². The fourth-order valence-electron chi connectivity index (χ4n) is 2.02. The number of halogens is 1. The zero-order valence-corrected chi connectivity index (χ0v) is 14.4. The first-order chi connectivity index (χ1) is 9.86. The van der Waals surface area contributed by atoms with Crippen molar-refractivity contribution in [3.8, 4) is 0 Å². The molecule has 0 atom stereocenters. The van der Waals surface area contributed by atoms with E-state index in [1.807, 2.05) is 24.0 Å². The fourth-order valence-corrected chi connectivity index (χ4v) is 2.34. The predicted molar refractivity (Wildman–Crippen MR) is 90.0 cm³/mol. The number of anilines is 1. The highest BCUT2D eigenvalue weighted by molar-refractivity contribution is 6.33. The first kappa shape index (κ1) is 17.8. The number of rotatable bonds is 7. The molecule has 1 rings (SSSR count). The van der Waals surface area contributed by atoms with E-state index in [0.29, 0.717) is 17.6 Å². The molecule has 0 aliphatic heterocycles. The molecule has 21 heavy (non-hydrogen) atoms. The first-order valence-corrected chi connectivity index (χ1v) is 7.70. The van der Waals surface area contributed by atoms with Gasteiger partial charge in [-0.1, -0.05) is 37.6 Å². The smallest absolute Gasteiger partial charge is 0.241 e. The molecule has 118 valence electrons. The van der Waals surface area contributed by atoms with Gasteiger partial charge in [-0.05, 0) is 18.6 Å². The highest BCUT2D eigenvalue weighted by Crippen LogP contribution is 2.30. The number of nitrogens with one attached hydrogen (secondary N) is 1. The van der Waals surface area contributed by atoms with Crippen LogP contribution < -0.4 is 10.2 Å². The van der Waals surface area contributed by atoms with Crippen LogP contribution in [0.15, 0.2) is 18.2 Å². The van der Waals surface area contributed by atoms with Crippen molar-refractivity contribution in [3.63, 3.8) is 0 Å². The number of carbonyl (C=O) groups is 1. The summed E-state index contributed by atoms with van der Waals surface area (Å²) in [7, 11) is 3.54. The van der Waals surface area contributed by atoms with Crippen LogP contribution in [0, 0.1) is 0 Å². The van der Waals surface area contributed by atoms with E-state index < -0.39 is 0 Å². The summed E-state index contributed by atoms with van der Waals surface area (Å²) < 4.78 is 0. The molecule has 0 radical (unpaired) electrons. The zero-order chi connectivity index (χ0) is 16.0. The van der Waals surface area contributed by atoms with Crippen LogP contribution in [0.4, 0.5) is 5.69 Å². The molecule has 0 aliphatic carbocycles. The summed E-state index contributed by atoms with van der Waals surface area (Å²) in [5.41, 5.74) is 2.06. The SMILES string of the molecule is CCN(CC(=O)N(C)C)c1c(Cl)cccc1CNC(C)C. The van der Waals surface area contributed by atoms with Gasteiger partial charge in [0.1, 0.15) is 0 Å². The minimum atomic E-state index is 0.0690. The lowest BCUT2D eigenvalue weighted by molar-refractivity contribution is -0.127. The van der Waals surface area contributed by atoms with Gasteiger partial charge in [0.15, 0.2) is 0 Å². The van der Waals surface area contributed by atoms with Crippen molar-refractivity contribution in [2.75, 3.05) is 32.1 Å². The van der Waals surface area contributed by atoms with Gasteiger partial charge in [-0.25, -0.2) is 0 Å². The maximum atomic E-state index is 12.0. The number of nitrogens with zero attached hydrogens (tertiary/aromatic N) is 2. The van der Waals surface area contributed by atoms with Crippen molar-refractivity contribution in [3.05, 3.63) is 28.8 Å². The van der Waals surface area contributed by atoms with Gasteiger partial charge >= 0.3 is 0 Å². The maximum absolute atomic E-state index is 12.0. The molecule has 1 N–H and O–H groups in total. The molecule has 0 bridgehead atoms. The molecule has 0 fully saturated rings. The second-order valence-corrected chi connectivity index (χ2v) is 5.99. The zero-order valence-electron chi connectivity index (χ0n) is 13.6. The summed E-state index contributed by atoms with van der Waals surface area (Å²) in [5, 5.41) is 4.09. The van der Waals surface area contributed by atoms with Crippen LogP contribution >= 0.6 is 11.6 Å². The second kappa shape index (κ2) is 8.25. The van der Waals surface area contributed by atoms with E-state index in [-0.39, 0.29) is 5.91 Å². The number of likely N-dealkylation sites (N-methyl/N-ethyl adjacent to an activating group) is 2. The van der Waals surface area contributed by atoms with Crippen molar-refractivity contribution < 1.29 is 4.79 Å². The normalized spacial score (nSPS) is 10.8. The van der Waals surface area contributed by atoms with Gasteiger partial charge in [0.2, 0.25) is 5.91 Å². The predicted octanol–water partition coefficient (Wildman–Crippen LogP) is 2.75. The van der Waals surface area contributed by atoms with Gasteiger partial charge in [0.05, 0.1) is 17.3 Å². The highest BCUT2D eigenvalue weighted by atomic mass is 35.5. The van der Waals surface area contributed by atoms with Gasteiger partial charge in [0, 0.05) is 33.2 Å². The Morgan fingerprint density at radius 2 is 2.00 bits per heavy atom. The number of carbonyl (C=O) groups excluding carboxylic acids is 1. The number of amides is 1. The Bertz CT molecular complexity index is 475. The van der Waals surface area contributed by atoms with Gasteiger partial charge in [-0.3, -0.25) is 4.79 Å². The van der Waals surface area contributed by atoms with Crippen LogP contribution in [-0.2, 0) is 11.3 Å². The van der Waals surface area contributed by atoms with E-state index in [1.165, 1.54) is 0 Å². The molecule has 0 heterocycles. The lowest BCUT2D eigenvalue weighted by Crippen LogP contribution is -2.37. The second-order valence-electron chi connectivity index (χ2n) is 5.59. The minimum absolute atomic E-state index is 0.0690. The summed E-state index contributed by atoms with van der Waals surface area (Å²) in [6, 6.07) is 6.28. The standard InChI is InChI=1S/C16H26ClN3O/c1-6-20(11-15(21)19(4)5)16-13(10-18-12(2)3)8-7-9-14(16)17/h7-9,12,18H,6,10-11H2,1-5H3. The highest BCUT2D eigenvalue weighted by Gasteiger charge is 2.17. The van der Waals surface area contributed by atoms with Gasteiger partial charge < -0.3 is 15.1 Å². The van der Waals surface area contributed by atoms with Crippen LogP contribution in [0.25, 0.3) is 0 Å². The topological polar surface area (TPSA) is 35.6 Å². The molecule has 1 amide bonds. The third kappa shape index (κ3) is 5.21. The van der Waals surface area contributed by atoms with Gasteiger partial charge in [-0.15, -0.1) is 0 Å². The summed E-state index contributed by atoms with van der Waals surface area (Å²) in [4.78, 5) is 15.6. The van der Waals surface area contributed by atoms with Gasteiger partial charge in [0.25, 0.3) is 0 Å². The average Bonchev–Trinajstić information content (AvgIpc) is 2.42. The molecule has 0 saturated carbocycles. The molecule has 1 aromatic rings. The Hall–Kier alpha value is -1.26. The number of para-hydroxylation sites is 1. The third-order valence-corrected chi connectivity index (χ3v) is 3.60. The number of hydrogen-bond donors (Lipinski definition) is 1. The Kier molecular flexibility index (Phi) is 6.99. The Balaban J connectivity index is 3.03. The molecule has 1 aromatic carbocycles. The largest absolute Gasteiger partial charge is 0.361 e. The van der Waals surface area contributed by atoms with Crippen molar-refractivity contribution in [1.29, 1.82) is 0 Å². The summed E-state index contributed by atoms with van der Waals surface area (Å²) in [5.74, 6) is 0.0690. The van der Waals surface area contributed by atoms with E-state index in [1.54, 1.807) is 19.0 Å². The minimum Gasteiger partial charge on any atom is -0.361 e.